The maximum absolute atomic E-state index is 10.5. The number of hydrogen-bond donors (Lipinski definition) is 1. The van der Waals surface area contributed by atoms with Gasteiger partial charge in [0.05, 0.1) is 4.92 Å². The molecule has 8 nitrogen and oxygen atoms in total. The molecule has 0 radical (unpaired) electrons. The third kappa shape index (κ3) is 4.43. The van der Waals surface area contributed by atoms with E-state index >= 15 is 0 Å². The van der Waals surface area contributed by atoms with Crippen molar-refractivity contribution in [1.82, 2.24) is 18.7 Å². The molecule has 0 saturated heterocycles. The van der Waals surface area contributed by atoms with Crippen LogP contribution in [0.25, 0.3) is 22.8 Å². The van der Waals surface area contributed by atoms with Gasteiger partial charge in [-0.25, -0.2) is 9.97 Å². The number of nitro groups is 1. The number of hydrogen-bond acceptors (Lipinski definition) is 9. The minimum absolute atomic E-state index is 0.0531. The molecule has 2 aromatic carbocycles. The molecule has 0 amide bonds. The molecule has 0 aliphatic rings. The first-order valence-corrected chi connectivity index (χ1v) is 8.94. The van der Waals surface area contributed by atoms with Crippen molar-refractivity contribution in [3.8, 4) is 22.8 Å². The van der Waals surface area contributed by atoms with E-state index in [0.717, 1.165) is 17.1 Å². The van der Waals surface area contributed by atoms with Gasteiger partial charge in [-0.15, -0.1) is 0 Å². The van der Waals surface area contributed by atoms with E-state index in [-0.39, 0.29) is 5.69 Å². The second-order valence-corrected chi connectivity index (χ2v) is 6.15. The Kier molecular flexibility index (Phi) is 5.56. The third-order valence-corrected chi connectivity index (χ3v) is 4.14. The lowest BCUT2D eigenvalue weighted by Gasteiger charge is -1.95. The number of benzene rings is 2. The van der Waals surface area contributed by atoms with Gasteiger partial charge in [-0.1, -0.05) is 24.3 Å². The average Bonchev–Trinajstić information content (AvgIpc) is 3.36. The molecule has 10 heteroatoms. The Hall–Kier alpha value is -3.24. The molecular formula is C16H12N6O2S2. The summed E-state index contributed by atoms with van der Waals surface area (Å²) >= 11 is 2.56. The van der Waals surface area contributed by atoms with Gasteiger partial charge in [0.2, 0.25) is 0 Å². The highest BCUT2D eigenvalue weighted by Crippen LogP contribution is 2.21. The summed E-state index contributed by atoms with van der Waals surface area (Å²) in [6.07, 6.45) is 0. The summed E-state index contributed by atoms with van der Waals surface area (Å²) in [5, 5.41) is 10.5. The summed E-state index contributed by atoms with van der Waals surface area (Å²) < 4.78 is 8.10. The summed E-state index contributed by atoms with van der Waals surface area (Å²) in [5.74, 6) is 1.27. The molecule has 26 heavy (non-hydrogen) atoms. The van der Waals surface area contributed by atoms with Crippen LogP contribution >= 0.6 is 23.1 Å². The molecule has 2 heterocycles. The van der Waals surface area contributed by atoms with Crippen molar-refractivity contribution in [2.24, 2.45) is 0 Å². The SMILES string of the molecule is Nc1cccc(-c2ncsn2)c1.O=[N+]([O-])c1cccc(-c2ncsn2)c1. The summed E-state index contributed by atoms with van der Waals surface area (Å²) in [7, 11) is 0. The van der Waals surface area contributed by atoms with Crippen LogP contribution in [0.3, 0.4) is 0 Å². The van der Waals surface area contributed by atoms with Crippen molar-refractivity contribution in [2.45, 2.75) is 0 Å². The number of rotatable bonds is 3. The zero-order chi connectivity index (χ0) is 18.4. The molecule has 2 aromatic heterocycles. The Morgan fingerprint density at radius 2 is 1.46 bits per heavy atom. The standard InChI is InChI=1S/C8H5N3O2S.C8H7N3S/c12-11(13)7-3-1-2-6(4-7)8-9-5-14-10-8;9-7-3-1-2-6(4-7)8-10-5-12-11-8/h1-5H;1-5H,9H2. The first kappa shape index (κ1) is 17.6. The van der Waals surface area contributed by atoms with E-state index in [1.54, 1.807) is 23.2 Å². The van der Waals surface area contributed by atoms with Crippen molar-refractivity contribution in [3.63, 3.8) is 0 Å². The number of aromatic nitrogens is 4. The van der Waals surface area contributed by atoms with Gasteiger partial charge in [0.15, 0.2) is 11.6 Å². The predicted octanol–water partition coefficient (Wildman–Crippen LogP) is 3.90. The maximum atomic E-state index is 10.5. The summed E-state index contributed by atoms with van der Waals surface area (Å²) in [5.41, 5.74) is 11.3. The molecule has 130 valence electrons. The fourth-order valence-corrected chi connectivity index (χ4v) is 2.92. The van der Waals surface area contributed by atoms with E-state index in [9.17, 15) is 10.1 Å². The first-order valence-electron chi connectivity index (χ1n) is 7.27. The summed E-state index contributed by atoms with van der Waals surface area (Å²) in [4.78, 5) is 18.1. The number of nitrogens with two attached hydrogens (primary N) is 1. The molecule has 0 aliphatic carbocycles. The van der Waals surface area contributed by atoms with E-state index in [1.807, 2.05) is 24.3 Å². The first-order chi connectivity index (χ1) is 12.6. The van der Waals surface area contributed by atoms with E-state index in [2.05, 4.69) is 18.7 Å². The van der Waals surface area contributed by atoms with Gasteiger partial charge in [0.25, 0.3) is 5.69 Å². The molecule has 0 fully saturated rings. The summed E-state index contributed by atoms with van der Waals surface area (Å²) in [6, 6.07) is 13.8. The lowest BCUT2D eigenvalue weighted by Crippen LogP contribution is -1.88. The van der Waals surface area contributed by atoms with Crippen molar-refractivity contribution in [1.29, 1.82) is 0 Å². The molecule has 4 rings (SSSR count). The molecule has 0 aliphatic heterocycles. The van der Waals surface area contributed by atoms with Gasteiger partial charge in [0, 0.05) is 28.9 Å². The normalized spacial score (nSPS) is 10.0. The van der Waals surface area contributed by atoms with Crippen LogP contribution in [0.2, 0.25) is 0 Å². The van der Waals surface area contributed by atoms with Gasteiger partial charge in [-0.05, 0) is 35.2 Å². The van der Waals surface area contributed by atoms with Crippen LogP contribution < -0.4 is 5.73 Å². The van der Waals surface area contributed by atoms with Gasteiger partial charge in [-0.2, -0.15) is 8.75 Å². The van der Waals surface area contributed by atoms with Gasteiger partial charge < -0.3 is 5.73 Å². The van der Waals surface area contributed by atoms with E-state index < -0.39 is 4.92 Å². The Morgan fingerprint density at radius 1 is 0.885 bits per heavy atom. The van der Waals surface area contributed by atoms with Crippen molar-refractivity contribution in [3.05, 3.63) is 69.7 Å². The highest BCUT2D eigenvalue weighted by molar-refractivity contribution is 7.03. The molecular weight excluding hydrogens is 372 g/mol. The van der Waals surface area contributed by atoms with E-state index in [0.29, 0.717) is 11.4 Å². The van der Waals surface area contributed by atoms with Gasteiger partial charge in [-0.3, -0.25) is 10.1 Å². The second kappa shape index (κ2) is 8.23. The maximum Gasteiger partial charge on any atom is 0.270 e. The van der Waals surface area contributed by atoms with Crippen LogP contribution in [0.15, 0.2) is 59.6 Å². The Bertz CT molecular complexity index is 990. The quantitative estimate of drug-likeness (QED) is 0.323. The monoisotopic (exact) mass is 384 g/mol. The molecule has 0 unspecified atom stereocenters. The van der Waals surface area contributed by atoms with Crippen LogP contribution in [0.5, 0.6) is 0 Å². The Balaban J connectivity index is 0.000000152. The molecule has 0 atom stereocenters. The zero-order valence-electron chi connectivity index (χ0n) is 13.2. The topological polar surface area (TPSA) is 121 Å². The molecule has 0 bridgehead atoms. The van der Waals surface area contributed by atoms with Gasteiger partial charge in [0.1, 0.15) is 11.0 Å². The molecule has 0 saturated carbocycles. The van der Waals surface area contributed by atoms with Crippen LogP contribution in [-0.4, -0.2) is 23.6 Å². The minimum atomic E-state index is -0.435. The van der Waals surface area contributed by atoms with Gasteiger partial charge >= 0.3 is 0 Å². The largest absolute Gasteiger partial charge is 0.399 e. The highest BCUT2D eigenvalue weighted by Gasteiger charge is 2.08. The van der Waals surface area contributed by atoms with Crippen LogP contribution in [0, 0.1) is 10.1 Å². The van der Waals surface area contributed by atoms with Crippen molar-refractivity contribution >= 4 is 34.4 Å². The number of nitrogens with zero attached hydrogens (tertiary/aromatic N) is 5. The van der Waals surface area contributed by atoms with Crippen molar-refractivity contribution < 1.29 is 4.92 Å². The number of non-ortho nitro benzene ring substituents is 1. The fourth-order valence-electron chi connectivity index (χ4n) is 2.03. The number of anilines is 1. The van der Waals surface area contributed by atoms with Crippen LogP contribution in [0.1, 0.15) is 0 Å². The number of nitro benzene ring substituents is 1. The molecule has 2 N–H and O–H groups in total. The van der Waals surface area contributed by atoms with Crippen molar-refractivity contribution in [2.75, 3.05) is 5.73 Å². The fraction of sp³-hybridized carbons (Fsp3) is 0. The van der Waals surface area contributed by atoms with Crippen LogP contribution in [0.4, 0.5) is 11.4 Å². The average molecular weight is 384 g/mol. The molecule has 0 spiro atoms. The predicted molar refractivity (Wildman–Crippen MR) is 102 cm³/mol. The van der Waals surface area contributed by atoms with Crippen LogP contribution in [-0.2, 0) is 0 Å². The summed E-state index contributed by atoms with van der Waals surface area (Å²) in [6.45, 7) is 0. The minimum Gasteiger partial charge on any atom is -0.399 e. The smallest absolute Gasteiger partial charge is 0.270 e. The van der Waals surface area contributed by atoms with E-state index in [4.69, 9.17) is 5.73 Å². The number of nitrogen functional groups attached to an aromatic ring is 1. The lowest BCUT2D eigenvalue weighted by molar-refractivity contribution is -0.384. The molecule has 4 aromatic rings. The Labute approximate surface area is 156 Å². The third-order valence-electron chi connectivity index (χ3n) is 3.18. The second-order valence-electron chi connectivity index (χ2n) is 4.94. The Morgan fingerprint density at radius 3 is 1.96 bits per heavy atom. The highest BCUT2D eigenvalue weighted by atomic mass is 32.1. The van der Waals surface area contributed by atoms with E-state index in [1.165, 1.54) is 35.2 Å². The lowest BCUT2D eigenvalue weighted by atomic mass is 10.2. The zero-order valence-corrected chi connectivity index (χ0v) is 14.9.